The number of amidine groups is 1. The summed E-state index contributed by atoms with van der Waals surface area (Å²) in [5.41, 5.74) is 4.41. The highest BCUT2D eigenvalue weighted by atomic mass is 19.1. The van der Waals surface area contributed by atoms with Gasteiger partial charge in [-0.3, -0.25) is 9.80 Å². The summed E-state index contributed by atoms with van der Waals surface area (Å²) in [6.07, 6.45) is 3.67. The van der Waals surface area contributed by atoms with E-state index in [0.29, 0.717) is 49.2 Å². The van der Waals surface area contributed by atoms with Crippen LogP contribution < -0.4 is 15.5 Å². The van der Waals surface area contributed by atoms with Crippen molar-refractivity contribution in [1.29, 1.82) is 0 Å². The van der Waals surface area contributed by atoms with E-state index in [1.807, 2.05) is 24.2 Å². The Balaban J connectivity index is 1.73. The quantitative estimate of drug-likeness (QED) is 0.727. The smallest absolute Gasteiger partial charge is 0.252 e. The fourth-order valence-electron chi connectivity index (χ4n) is 2.97. The fraction of sp³-hybridized carbons (Fsp3) is 0.294. The van der Waals surface area contributed by atoms with Gasteiger partial charge in [-0.05, 0) is 24.3 Å². The van der Waals surface area contributed by atoms with Crippen LogP contribution in [-0.4, -0.2) is 48.4 Å². The molecule has 0 fully saturated rings. The first kappa shape index (κ1) is 15.6. The highest BCUT2D eigenvalue weighted by Gasteiger charge is 2.28. The average Bonchev–Trinajstić information content (AvgIpc) is 3.02. The zero-order valence-corrected chi connectivity index (χ0v) is 13.8. The normalized spacial score (nSPS) is 20.1. The van der Waals surface area contributed by atoms with Crippen LogP contribution in [0.5, 0.6) is 5.75 Å². The molecule has 1 aromatic carbocycles. The molecule has 4 rings (SSSR count). The number of benzene rings is 1. The SMILES string of the molecule is CN1Cc2cc(F)ccc2OCCNC(=O)C2=C3N=C1C=CN3NC2. The molecule has 1 aromatic rings. The molecule has 1 amide bonds. The van der Waals surface area contributed by atoms with Gasteiger partial charge in [0.05, 0.1) is 12.1 Å². The van der Waals surface area contributed by atoms with E-state index in [1.165, 1.54) is 12.1 Å². The van der Waals surface area contributed by atoms with Crippen LogP contribution >= 0.6 is 0 Å². The largest absolute Gasteiger partial charge is 0.491 e. The fourth-order valence-corrected chi connectivity index (χ4v) is 2.97. The molecule has 7 nitrogen and oxygen atoms in total. The van der Waals surface area contributed by atoms with Gasteiger partial charge < -0.3 is 15.0 Å². The number of nitrogens with one attached hydrogen (secondary N) is 2. The number of fused-ring (bicyclic) bond motifs is 1. The molecule has 0 spiro atoms. The van der Waals surface area contributed by atoms with Crippen LogP contribution in [0.1, 0.15) is 5.56 Å². The van der Waals surface area contributed by atoms with Crippen molar-refractivity contribution in [2.45, 2.75) is 6.54 Å². The Labute approximate surface area is 144 Å². The molecule has 25 heavy (non-hydrogen) atoms. The summed E-state index contributed by atoms with van der Waals surface area (Å²) in [6, 6.07) is 4.45. The number of nitrogens with zero attached hydrogens (tertiary/aromatic N) is 3. The molecule has 0 atom stereocenters. The Morgan fingerprint density at radius 3 is 3.12 bits per heavy atom. The van der Waals surface area contributed by atoms with Crippen LogP contribution in [0.2, 0.25) is 0 Å². The number of rotatable bonds is 0. The van der Waals surface area contributed by atoms with E-state index in [2.05, 4.69) is 15.7 Å². The van der Waals surface area contributed by atoms with E-state index in [0.717, 1.165) is 5.56 Å². The molecule has 3 aliphatic rings. The lowest BCUT2D eigenvalue weighted by atomic mass is 10.1. The average molecular weight is 343 g/mol. The Morgan fingerprint density at radius 2 is 2.24 bits per heavy atom. The lowest BCUT2D eigenvalue weighted by molar-refractivity contribution is -0.117. The maximum Gasteiger partial charge on any atom is 0.252 e. The summed E-state index contributed by atoms with van der Waals surface area (Å²) < 4.78 is 19.4. The topological polar surface area (TPSA) is 69.2 Å². The van der Waals surface area contributed by atoms with Gasteiger partial charge in [0.1, 0.15) is 24.0 Å². The van der Waals surface area contributed by atoms with Crippen molar-refractivity contribution in [3.63, 3.8) is 0 Å². The Morgan fingerprint density at radius 1 is 1.36 bits per heavy atom. The number of halogens is 1. The first-order valence-corrected chi connectivity index (χ1v) is 8.05. The molecule has 2 N–H and O–H groups in total. The third kappa shape index (κ3) is 2.96. The molecule has 0 aromatic heterocycles. The van der Waals surface area contributed by atoms with Gasteiger partial charge in [-0.1, -0.05) is 0 Å². The van der Waals surface area contributed by atoms with Crippen molar-refractivity contribution in [1.82, 2.24) is 20.7 Å². The van der Waals surface area contributed by atoms with Crippen LogP contribution in [0.15, 0.2) is 46.9 Å². The van der Waals surface area contributed by atoms with Crippen LogP contribution in [0.3, 0.4) is 0 Å². The highest BCUT2D eigenvalue weighted by Crippen LogP contribution is 2.25. The van der Waals surface area contributed by atoms with Crippen molar-refractivity contribution in [2.24, 2.45) is 4.99 Å². The van der Waals surface area contributed by atoms with Gasteiger partial charge in [-0.2, -0.15) is 0 Å². The number of amides is 1. The van der Waals surface area contributed by atoms with Gasteiger partial charge in [0.15, 0.2) is 5.82 Å². The van der Waals surface area contributed by atoms with Crippen molar-refractivity contribution in [3.8, 4) is 5.75 Å². The Hall–Kier alpha value is -2.87. The summed E-state index contributed by atoms with van der Waals surface area (Å²) in [4.78, 5) is 18.9. The summed E-state index contributed by atoms with van der Waals surface area (Å²) in [5, 5.41) is 4.57. The standard InChI is InChI=1S/C17H18FN5O2/c1-22-10-11-8-12(18)2-3-14(11)25-7-5-19-17(24)13-9-20-23-6-4-15(22)21-16(13)23/h2-4,6,8,20H,5,7,9-10H2,1H3,(H,19,24). The summed E-state index contributed by atoms with van der Waals surface area (Å²) in [5.74, 6) is 1.39. The predicted octanol–water partition coefficient (Wildman–Crippen LogP) is 0.724. The first-order chi connectivity index (χ1) is 12.1. The van der Waals surface area contributed by atoms with E-state index in [9.17, 15) is 9.18 Å². The zero-order chi connectivity index (χ0) is 17.4. The maximum absolute atomic E-state index is 13.7. The van der Waals surface area contributed by atoms with Crippen LogP contribution in [-0.2, 0) is 11.3 Å². The van der Waals surface area contributed by atoms with Gasteiger partial charge in [-0.25, -0.2) is 14.8 Å². The molecule has 0 unspecified atom stereocenters. The second-order valence-electron chi connectivity index (χ2n) is 6.01. The van der Waals surface area contributed by atoms with Crippen molar-refractivity contribution in [2.75, 3.05) is 26.7 Å². The van der Waals surface area contributed by atoms with Crippen molar-refractivity contribution >= 4 is 11.7 Å². The van der Waals surface area contributed by atoms with E-state index in [-0.39, 0.29) is 11.7 Å². The third-order valence-electron chi connectivity index (χ3n) is 4.26. The molecule has 0 saturated carbocycles. The van der Waals surface area contributed by atoms with E-state index < -0.39 is 0 Å². The molecular formula is C17H18FN5O2. The first-order valence-electron chi connectivity index (χ1n) is 8.05. The summed E-state index contributed by atoms with van der Waals surface area (Å²) >= 11 is 0. The molecule has 0 saturated heterocycles. The van der Waals surface area contributed by atoms with Crippen molar-refractivity contribution in [3.05, 3.63) is 53.2 Å². The number of hydrogen-bond acceptors (Lipinski definition) is 6. The number of likely N-dealkylation sites (N-methyl/N-ethyl adjacent to an activating group) is 1. The Bertz CT molecular complexity index is 817. The molecule has 0 aliphatic carbocycles. The highest BCUT2D eigenvalue weighted by molar-refractivity contribution is 5.98. The number of aliphatic imine (C=N–C) groups is 1. The van der Waals surface area contributed by atoms with Gasteiger partial charge in [0.25, 0.3) is 5.91 Å². The van der Waals surface area contributed by atoms with Gasteiger partial charge in [-0.15, -0.1) is 0 Å². The summed E-state index contributed by atoms with van der Waals surface area (Å²) in [7, 11) is 1.87. The monoisotopic (exact) mass is 343 g/mol. The second kappa shape index (κ2) is 6.21. The number of carbonyl (C=O) groups excluding carboxylic acids is 1. The van der Waals surface area contributed by atoms with Crippen LogP contribution in [0.25, 0.3) is 0 Å². The molecule has 2 bridgehead atoms. The van der Waals surface area contributed by atoms with Gasteiger partial charge >= 0.3 is 0 Å². The molecular weight excluding hydrogens is 325 g/mol. The minimum atomic E-state index is -0.314. The molecule has 3 aliphatic heterocycles. The van der Waals surface area contributed by atoms with E-state index in [4.69, 9.17) is 4.74 Å². The molecule has 130 valence electrons. The van der Waals surface area contributed by atoms with E-state index >= 15 is 0 Å². The zero-order valence-electron chi connectivity index (χ0n) is 13.8. The molecule has 0 radical (unpaired) electrons. The second-order valence-corrected chi connectivity index (χ2v) is 6.01. The van der Waals surface area contributed by atoms with Crippen molar-refractivity contribution < 1.29 is 13.9 Å². The lowest BCUT2D eigenvalue weighted by Gasteiger charge is -2.25. The maximum atomic E-state index is 13.7. The number of carbonyl (C=O) groups is 1. The minimum absolute atomic E-state index is 0.173. The minimum Gasteiger partial charge on any atom is -0.491 e. The van der Waals surface area contributed by atoms with E-state index in [1.54, 1.807) is 11.1 Å². The number of hydrogen-bond donors (Lipinski definition) is 2. The number of ether oxygens (including phenoxy) is 1. The van der Waals surface area contributed by atoms with Gasteiger partial charge in [0.2, 0.25) is 0 Å². The number of hydrazine groups is 1. The lowest BCUT2D eigenvalue weighted by Crippen LogP contribution is -2.33. The van der Waals surface area contributed by atoms with Crippen LogP contribution in [0.4, 0.5) is 4.39 Å². The van der Waals surface area contributed by atoms with Crippen LogP contribution in [0, 0.1) is 5.82 Å². The Kier molecular flexibility index (Phi) is 3.89. The van der Waals surface area contributed by atoms with Gasteiger partial charge in [0, 0.05) is 31.9 Å². The molecule has 8 heteroatoms. The molecule has 3 heterocycles. The predicted molar refractivity (Wildman–Crippen MR) is 89.8 cm³/mol. The summed E-state index contributed by atoms with van der Waals surface area (Å²) in [6.45, 7) is 1.51. The third-order valence-corrected chi connectivity index (χ3v) is 4.26.